The second-order valence-corrected chi connectivity index (χ2v) is 11.1. The molecule has 1 aromatic rings. The predicted octanol–water partition coefficient (Wildman–Crippen LogP) is -1.79. The topological polar surface area (TPSA) is 15.3 Å². The van der Waals surface area contributed by atoms with Crippen LogP contribution < -0.4 is 28.6 Å². The summed E-state index contributed by atoms with van der Waals surface area (Å²) in [6, 6.07) is 9.04. The first-order valence-corrected chi connectivity index (χ1v) is 14.1. The zero-order valence-corrected chi connectivity index (χ0v) is 21.4. The fraction of sp³-hybridized carbons (Fsp3) is 0.600. The molecule has 0 saturated carbocycles. The molecule has 0 aromatic heterocycles. The van der Waals surface area contributed by atoms with Crippen LogP contribution in [0.15, 0.2) is 30.3 Å². The van der Waals surface area contributed by atoms with Crippen molar-refractivity contribution < 1.29 is 44.2 Å². The van der Waals surface area contributed by atoms with E-state index in [1.807, 2.05) is 0 Å². The van der Waals surface area contributed by atoms with Gasteiger partial charge in [-0.2, -0.15) is 0 Å². The van der Waals surface area contributed by atoms with Gasteiger partial charge in [-0.1, -0.05) is 13.1 Å². The Morgan fingerprint density at radius 2 is 1.62 bits per heavy atom. The molecule has 1 N–H and O–H groups in total. The molecule has 1 saturated heterocycles. The molecular formula is C20H34Cl2N2SiTi. The quantitative estimate of drug-likeness (QED) is 0.549. The molecule has 0 bridgehead atoms. The minimum atomic E-state index is -0.208. The minimum absolute atomic E-state index is 0. The van der Waals surface area contributed by atoms with Crippen LogP contribution in [0.25, 0.3) is 5.70 Å². The molecule has 1 atom stereocenters. The molecule has 26 heavy (non-hydrogen) atoms. The average Bonchev–Trinajstić information content (AvgIpc) is 2.93. The Labute approximate surface area is 184 Å². The van der Waals surface area contributed by atoms with E-state index < -0.39 is 0 Å². The van der Waals surface area contributed by atoms with Crippen LogP contribution in [0.5, 0.6) is 0 Å². The van der Waals surface area contributed by atoms with Crippen LogP contribution in [-0.2, 0) is 19.4 Å². The summed E-state index contributed by atoms with van der Waals surface area (Å²) in [6.45, 7) is 13.8. The van der Waals surface area contributed by atoms with E-state index in [2.05, 4.69) is 72.9 Å². The number of halogens is 2. The number of hydrogen-bond donors (Lipinski definition) is 1. The van der Waals surface area contributed by atoms with Crippen molar-refractivity contribution in [2.75, 3.05) is 13.1 Å². The van der Waals surface area contributed by atoms with E-state index in [1.54, 1.807) is 5.56 Å². The summed E-state index contributed by atoms with van der Waals surface area (Å²) >= 11 is -0.208. The Balaban J connectivity index is 0.00000117. The fourth-order valence-corrected chi connectivity index (χ4v) is 5.09. The maximum absolute atomic E-state index is 3.79. The van der Waals surface area contributed by atoms with Gasteiger partial charge in [0.2, 0.25) is 0 Å². The molecule has 1 aliphatic heterocycles. The van der Waals surface area contributed by atoms with Gasteiger partial charge in [-0.15, -0.1) is 0 Å². The second kappa shape index (κ2) is 12.6. The van der Waals surface area contributed by atoms with Crippen LogP contribution in [-0.4, -0.2) is 33.0 Å². The van der Waals surface area contributed by atoms with Gasteiger partial charge < -0.3 is 24.8 Å². The third-order valence-electron chi connectivity index (χ3n) is 4.20. The standard InChI is InChI=1S/C14H16N.C4H10N.C2H8Si.2ClH.Ti/c1-4-10-15(11-5-1)14-9-8-12-6-2-3-7-13(12)14;1-4(2,3)5;1-3-2;;;/h2-3,6-9H,1,4-5,10-11H2;5H,1-3H3;3H2,1-2H3;2*1H;/q;-1;;;;+3/p-2. The average molecular weight is 449 g/mol. The molecule has 2 aliphatic rings. The molecule has 0 radical (unpaired) electrons. The van der Waals surface area contributed by atoms with E-state index in [0.717, 1.165) is 0 Å². The maximum atomic E-state index is 3.79. The summed E-state index contributed by atoms with van der Waals surface area (Å²) in [4.78, 5) is 2.62. The molecule has 0 amide bonds. The molecule has 6 heteroatoms. The van der Waals surface area contributed by atoms with E-state index in [4.69, 9.17) is 0 Å². The number of rotatable bonds is 3. The SMILES string of the molecule is CC(C)(C)[NH][Ti+2][CH]1C=C(N2CCCCC2)c2ccccc21.C[SiH2]C.[Cl-].[Cl-]. The second-order valence-electron chi connectivity index (χ2n) is 7.89. The van der Waals surface area contributed by atoms with E-state index >= 15 is 0 Å². The van der Waals surface area contributed by atoms with E-state index in [1.165, 1.54) is 43.6 Å². The van der Waals surface area contributed by atoms with Crippen molar-refractivity contribution >= 4 is 15.2 Å². The number of benzene rings is 1. The van der Waals surface area contributed by atoms with Gasteiger partial charge in [-0.05, 0) is 0 Å². The van der Waals surface area contributed by atoms with Crippen molar-refractivity contribution in [2.24, 2.45) is 0 Å². The largest absolute Gasteiger partial charge is 1.00 e. The monoisotopic (exact) mass is 448 g/mol. The van der Waals surface area contributed by atoms with Gasteiger partial charge in [0.05, 0.1) is 0 Å². The van der Waals surface area contributed by atoms with E-state index in [0.29, 0.717) is 13.7 Å². The molecule has 1 aromatic carbocycles. The molecule has 1 unspecified atom stereocenters. The van der Waals surface area contributed by atoms with Crippen LogP contribution in [0.3, 0.4) is 0 Å². The van der Waals surface area contributed by atoms with Crippen LogP contribution in [0.4, 0.5) is 0 Å². The number of fused-ring (bicyclic) bond motifs is 1. The molecule has 3 rings (SSSR count). The Bertz CT molecular complexity index is 555. The third-order valence-corrected chi connectivity index (χ3v) is 6.82. The first kappa shape index (κ1) is 26.2. The number of allylic oxidation sites excluding steroid dienone is 1. The van der Waals surface area contributed by atoms with Crippen LogP contribution in [0.1, 0.15) is 55.4 Å². The van der Waals surface area contributed by atoms with Crippen molar-refractivity contribution in [3.05, 3.63) is 41.5 Å². The zero-order valence-electron chi connectivity index (χ0n) is 16.9. The number of piperidine rings is 1. The van der Waals surface area contributed by atoms with Crippen molar-refractivity contribution in [1.82, 2.24) is 8.70 Å². The van der Waals surface area contributed by atoms with Gasteiger partial charge in [-0.3, -0.25) is 0 Å². The molecule has 146 valence electrons. The van der Waals surface area contributed by atoms with Gasteiger partial charge in [0.1, 0.15) is 0 Å². The summed E-state index contributed by atoms with van der Waals surface area (Å²) < 4.78 is 4.43. The molecular weight excluding hydrogens is 415 g/mol. The smallest absolute Gasteiger partial charge is 0.0135 e. The van der Waals surface area contributed by atoms with Gasteiger partial charge in [0.25, 0.3) is 0 Å². The molecule has 1 fully saturated rings. The van der Waals surface area contributed by atoms with Gasteiger partial charge in [0, 0.05) is 9.52 Å². The molecule has 0 spiro atoms. The summed E-state index contributed by atoms with van der Waals surface area (Å²) in [6.07, 6.45) is 6.64. The molecule has 1 heterocycles. The van der Waals surface area contributed by atoms with Gasteiger partial charge in [-0.25, -0.2) is 0 Å². The Hall–Kier alpha value is 0.231. The summed E-state index contributed by atoms with van der Waals surface area (Å²) in [5.41, 5.74) is 4.78. The Kier molecular flexibility index (Phi) is 12.8. The molecule has 1 aliphatic carbocycles. The maximum Gasteiger partial charge on any atom is 0.0135 e. The number of nitrogens with zero attached hydrogens (tertiary/aromatic N) is 1. The normalized spacial score (nSPS) is 18.3. The summed E-state index contributed by atoms with van der Waals surface area (Å²) in [7, 11) is 0.417. The Morgan fingerprint density at radius 3 is 2.19 bits per heavy atom. The van der Waals surface area contributed by atoms with E-state index in [-0.39, 0.29) is 49.8 Å². The Morgan fingerprint density at radius 1 is 1.04 bits per heavy atom. The van der Waals surface area contributed by atoms with Crippen molar-refractivity contribution in [1.29, 1.82) is 0 Å². The number of nitrogens with one attached hydrogen (secondary N) is 1. The fourth-order valence-electron chi connectivity index (χ4n) is 3.16. The third kappa shape index (κ3) is 7.69. The van der Waals surface area contributed by atoms with Gasteiger partial charge >= 0.3 is 138 Å². The molecule has 2 nitrogen and oxygen atoms in total. The predicted molar refractivity (Wildman–Crippen MR) is 106 cm³/mol. The van der Waals surface area contributed by atoms with Crippen molar-refractivity contribution in [3.8, 4) is 0 Å². The van der Waals surface area contributed by atoms with Gasteiger partial charge in [0.15, 0.2) is 0 Å². The zero-order chi connectivity index (χ0) is 17.6. The van der Waals surface area contributed by atoms with E-state index in [9.17, 15) is 0 Å². The summed E-state index contributed by atoms with van der Waals surface area (Å²) in [5, 5.41) is 0. The first-order chi connectivity index (χ1) is 11.5. The van der Waals surface area contributed by atoms with Crippen LogP contribution in [0, 0.1) is 0 Å². The number of likely N-dealkylation sites (tertiary alicyclic amines) is 1. The van der Waals surface area contributed by atoms with Crippen molar-refractivity contribution in [2.45, 2.75) is 62.9 Å². The van der Waals surface area contributed by atoms with Crippen LogP contribution in [0.2, 0.25) is 13.1 Å². The summed E-state index contributed by atoms with van der Waals surface area (Å²) in [5.74, 6) is 0. The van der Waals surface area contributed by atoms with Crippen LogP contribution >= 0.6 is 0 Å². The van der Waals surface area contributed by atoms with Crippen molar-refractivity contribution in [3.63, 3.8) is 0 Å². The number of hydrogen-bond acceptors (Lipinski definition) is 2. The minimum Gasteiger partial charge on any atom is -1.00 e. The first-order valence-electron chi connectivity index (χ1n) is 9.55.